The predicted molar refractivity (Wildman–Crippen MR) is 238 cm³/mol. The average Bonchev–Trinajstić information content (AvgIpc) is 3.35. The largest absolute Gasteiger partial charge is 0.254 e. The highest BCUT2D eigenvalue weighted by atomic mass is 15.0. The van der Waals surface area contributed by atoms with Crippen LogP contribution in [0.3, 0.4) is 0 Å². The molecule has 8 heteroatoms. The lowest BCUT2D eigenvalue weighted by Crippen LogP contribution is -2.02. The first-order valence-corrected chi connectivity index (χ1v) is 19.6. The van der Waals surface area contributed by atoms with E-state index in [9.17, 15) is 0 Å². The lowest BCUT2D eigenvalue weighted by molar-refractivity contribution is 1.07. The van der Waals surface area contributed by atoms with E-state index >= 15 is 0 Å². The summed E-state index contributed by atoms with van der Waals surface area (Å²) in [5.41, 5.74) is 11.3. The molecule has 0 saturated carbocycles. The van der Waals surface area contributed by atoms with Gasteiger partial charge in [0.1, 0.15) is 0 Å². The van der Waals surface area contributed by atoms with Crippen molar-refractivity contribution in [3.8, 4) is 102 Å². The zero-order chi connectivity index (χ0) is 40.1. The van der Waals surface area contributed by atoms with Gasteiger partial charge in [-0.1, -0.05) is 158 Å². The zero-order valence-corrected chi connectivity index (χ0v) is 32.2. The van der Waals surface area contributed by atoms with Gasteiger partial charge in [0.25, 0.3) is 0 Å². The molecule has 0 atom stereocenters. The number of pyridine rings is 3. The van der Waals surface area contributed by atoms with Crippen molar-refractivity contribution in [2.24, 2.45) is 0 Å². The van der Waals surface area contributed by atoms with Crippen molar-refractivity contribution in [1.82, 2.24) is 39.9 Å². The van der Waals surface area contributed by atoms with Gasteiger partial charge in [-0.2, -0.15) is 0 Å². The highest BCUT2D eigenvalue weighted by Gasteiger charge is 2.20. The van der Waals surface area contributed by atoms with Gasteiger partial charge in [0.15, 0.2) is 23.3 Å². The average molecular weight is 771 g/mol. The topological polar surface area (TPSA) is 103 Å². The van der Waals surface area contributed by atoms with Crippen LogP contribution in [0, 0.1) is 0 Å². The van der Waals surface area contributed by atoms with E-state index in [1.165, 1.54) is 0 Å². The van der Waals surface area contributed by atoms with Crippen LogP contribution in [0.5, 0.6) is 0 Å². The van der Waals surface area contributed by atoms with E-state index in [1.54, 1.807) is 6.20 Å². The maximum absolute atomic E-state index is 5.28. The first-order chi connectivity index (χ1) is 29.7. The Labute approximate surface area is 347 Å². The maximum Gasteiger partial charge on any atom is 0.166 e. The molecule has 5 aromatic heterocycles. The maximum atomic E-state index is 5.28. The van der Waals surface area contributed by atoms with Crippen LogP contribution in [-0.4, -0.2) is 39.9 Å². The number of hydrogen-bond donors (Lipinski definition) is 0. The molecule has 10 rings (SSSR count). The highest BCUT2D eigenvalue weighted by molar-refractivity contribution is 5.82. The molecule has 60 heavy (non-hydrogen) atoms. The van der Waals surface area contributed by atoms with Crippen molar-refractivity contribution < 1.29 is 0 Å². The van der Waals surface area contributed by atoms with Crippen molar-refractivity contribution in [3.63, 3.8) is 0 Å². The van der Waals surface area contributed by atoms with Crippen LogP contribution in [0.25, 0.3) is 102 Å². The number of benzene rings is 5. The minimum atomic E-state index is 0.492. The standard InChI is InChI=1S/C52H34N8/c1-6-18-35(19-7-1)40-32-45(42-29-16-30-43(54-42)46-34-44(36-20-8-2-9-21-36)56-49(57-46)37-22-10-3-11-23-37)55-47(33-40)48-41(28-17-31-53-48)52-59-50(38-24-12-4-13-25-38)58-51(60-52)39-26-14-5-15-27-39/h1-34H. The van der Waals surface area contributed by atoms with Crippen LogP contribution in [0.15, 0.2) is 206 Å². The van der Waals surface area contributed by atoms with Gasteiger partial charge in [0, 0.05) is 34.0 Å². The predicted octanol–water partition coefficient (Wildman–Crippen LogP) is 11.8. The summed E-state index contributed by atoms with van der Waals surface area (Å²) in [6.45, 7) is 0. The molecule has 0 aliphatic rings. The number of rotatable bonds is 9. The van der Waals surface area contributed by atoms with E-state index in [0.717, 1.165) is 44.6 Å². The lowest BCUT2D eigenvalue weighted by atomic mass is 10.0. The molecule has 0 spiro atoms. The van der Waals surface area contributed by atoms with Gasteiger partial charge in [0.05, 0.1) is 39.9 Å². The Morgan fingerprint density at radius 3 is 1.23 bits per heavy atom. The van der Waals surface area contributed by atoms with Crippen molar-refractivity contribution in [2.75, 3.05) is 0 Å². The third kappa shape index (κ3) is 7.56. The summed E-state index contributed by atoms with van der Waals surface area (Å²) in [6, 6.07) is 66.3. The third-order valence-electron chi connectivity index (χ3n) is 10.0. The Morgan fingerprint density at radius 2 is 0.667 bits per heavy atom. The summed E-state index contributed by atoms with van der Waals surface area (Å²) in [6.07, 6.45) is 1.77. The quantitative estimate of drug-likeness (QED) is 0.143. The first kappa shape index (κ1) is 36.0. The van der Waals surface area contributed by atoms with Crippen LogP contribution in [0.2, 0.25) is 0 Å². The van der Waals surface area contributed by atoms with Gasteiger partial charge >= 0.3 is 0 Å². The summed E-state index contributed by atoms with van der Waals surface area (Å²) in [5, 5.41) is 0. The monoisotopic (exact) mass is 770 g/mol. The zero-order valence-electron chi connectivity index (χ0n) is 32.2. The molecule has 0 N–H and O–H groups in total. The molecular formula is C52H34N8. The second kappa shape index (κ2) is 16.2. The Hall–Kier alpha value is -8.36. The Bertz CT molecular complexity index is 2960. The molecule has 0 aliphatic heterocycles. The molecule has 0 amide bonds. The molecule has 0 unspecified atom stereocenters. The van der Waals surface area contributed by atoms with Crippen molar-refractivity contribution >= 4 is 0 Å². The number of nitrogens with zero attached hydrogens (tertiary/aromatic N) is 8. The third-order valence-corrected chi connectivity index (χ3v) is 10.0. The fourth-order valence-electron chi connectivity index (χ4n) is 7.07. The summed E-state index contributed by atoms with van der Waals surface area (Å²) >= 11 is 0. The van der Waals surface area contributed by atoms with E-state index in [-0.39, 0.29) is 0 Å². The molecular weight excluding hydrogens is 737 g/mol. The Kier molecular flexibility index (Phi) is 9.75. The van der Waals surface area contributed by atoms with Crippen molar-refractivity contribution in [3.05, 3.63) is 206 Å². The number of aromatic nitrogens is 8. The van der Waals surface area contributed by atoms with Crippen molar-refractivity contribution in [2.45, 2.75) is 0 Å². The van der Waals surface area contributed by atoms with E-state index in [1.807, 2.05) is 164 Å². The summed E-state index contributed by atoms with van der Waals surface area (Å²) in [7, 11) is 0. The molecule has 5 heterocycles. The van der Waals surface area contributed by atoms with E-state index < -0.39 is 0 Å². The molecule has 5 aromatic carbocycles. The van der Waals surface area contributed by atoms with Crippen molar-refractivity contribution in [1.29, 1.82) is 0 Å². The van der Waals surface area contributed by atoms with Gasteiger partial charge in [-0.15, -0.1) is 0 Å². The fraction of sp³-hybridized carbons (Fsp3) is 0. The number of hydrogen-bond acceptors (Lipinski definition) is 8. The molecule has 0 saturated heterocycles. The molecule has 0 bridgehead atoms. The second-order valence-corrected chi connectivity index (χ2v) is 14.0. The van der Waals surface area contributed by atoms with Gasteiger partial charge in [-0.05, 0) is 53.6 Å². The lowest BCUT2D eigenvalue weighted by Gasteiger charge is -2.14. The van der Waals surface area contributed by atoms with Gasteiger partial charge in [-0.3, -0.25) is 4.98 Å². The smallest absolute Gasteiger partial charge is 0.166 e. The molecule has 282 valence electrons. The second-order valence-electron chi connectivity index (χ2n) is 14.0. The van der Waals surface area contributed by atoms with Gasteiger partial charge < -0.3 is 0 Å². The molecule has 0 aliphatic carbocycles. The normalized spacial score (nSPS) is 11.0. The minimum Gasteiger partial charge on any atom is -0.254 e. The van der Waals surface area contributed by atoms with Gasteiger partial charge in [-0.25, -0.2) is 34.9 Å². The summed E-state index contributed by atoms with van der Waals surface area (Å²) < 4.78 is 0. The minimum absolute atomic E-state index is 0.492. The van der Waals surface area contributed by atoms with Crippen LogP contribution in [-0.2, 0) is 0 Å². The van der Waals surface area contributed by atoms with E-state index in [4.69, 9.17) is 39.9 Å². The Morgan fingerprint density at radius 1 is 0.233 bits per heavy atom. The molecule has 8 nitrogen and oxygen atoms in total. The first-order valence-electron chi connectivity index (χ1n) is 19.6. The van der Waals surface area contributed by atoms with E-state index in [2.05, 4.69) is 36.4 Å². The Balaban J connectivity index is 1.13. The van der Waals surface area contributed by atoms with Crippen LogP contribution in [0.1, 0.15) is 0 Å². The summed E-state index contributed by atoms with van der Waals surface area (Å²) in [4.78, 5) is 40.4. The molecule has 0 radical (unpaired) electrons. The SMILES string of the molecule is c1ccc(-c2cc(-c3cccc(-c4cc(-c5ccccc5)nc(-c5ccccc5)n4)n3)nc(-c3ncccc3-c3nc(-c4ccccc4)nc(-c4ccccc4)n3)c2)cc1. The summed E-state index contributed by atoms with van der Waals surface area (Å²) in [5.74, 6) is 2.25. The van der Waals surface area contributed by atoms with Crippen LogP contribution >= 0.6 is 0 Å². The fourth-order valence-corrected chi connectivity index (χ4v) is 7.07. The highest BCUT2D eigenvalue weighted by Crippen LogP contribution is 2.35. The van der Waals surface area contributed by atoms with Crippen LogP contribution in [0.4, 0.5) is 0 Å². The van der Waals surface area contributed by atoms with Crippen LogP contribution < -0.4 is 0 Å². The van der Waals surface area contributed by atoms with Gasteiger partial charge in [0.2, 0.25) is 0 Å². The molecule has 0 fully saturated rings. The van der Waals surface area contributed by atoms with E-state index in [0.29, 0.717) is 57.5 Å². The molecule has 10 aromatic rings.